The van der Waals surface area contributed by atoms with Gasteiger partial charge in [-0.1, -0.05) is 23.7 Å². The highest BCUT2D eigenvalue weighted by Gasteiger charge is 2.38. The number of carbonyl (C=O) groups excluding carboxylic acids is 2. The van der Waals surface area contributed by atoms with Gasteiger partial charge in [0.15, 0.2) is 17.9 Å². The first-order valence-electron chi connectivity index (χ1n) is 9.75. The number of imide groups is 1. The standard InChI is InChI=1S/C21H24ClFN4O4/c1-13(2)31-18-8-7-16(11-17(18)23)24-19-25-20(29)26(9-10-28)21(30)27(19)12-14-3-5-15(22)6-4-14/h3-8,11,13,19,24,28H,9-10,12H2,1-2H3,(H,25,29). The van der Waals surface area contributed by atoms with E-state index in [4.69, 9.17) is 16.3 Å². The maximum atomic E-state index is 14.4. The minimum Gasteiger partial charge on any atom is -0.488 e. The summed E-state index contributed by atoms with van der Waals surface area (Å²) in [6.07, 6.45) is -1.13. The van der Waals surface area contributed by atoms with Crippen LogP contribution in [0.3, 0.4) is 0 Å². The van der Waals surface area contributed by atoms with Gasteiger partial charge in [0.2, 0.25) is 0 Å². The first kappa shape index (κ1) is 22.6. The Balaban J connectivity index is 1.84. The van der Waals surface area contributed by atoms with Crippen molar-refractivity contribution < 1.29 is 23.8 Å². The highest BCUT2D eigenvalue weighted by Crippen LogP contribution is 2.24. The van der Waals surface area contributed by atoms with E-state index < -0.39 is 24.2 Å². The fourth-order valence-electron chi connectivity index (χ4n) is 3.08. The Morgan fingerprint density at radius 3 is 2.55 bits per heavy atom. The van der Waals surface area contributed by atoms with E-state index in [0.717, 1.165) is 10.5 Å². The second kappa shape index (κ2) is 9.84. The number of amides is 4. The van der Waals surface area contributed by atoms with Gasteiger partial charge in [0.25, 0.3) is 0 Å². The van der Waals surface area contributed by atoms with Crippen molar-refractivity contribution in [3.8, 4) is 5.75 Å². The topological polar surface area (TPSA) is 94.1 Å². The molecule has 4 amide bonds. The van der Waals surface area contributed by atoms with Crippen LogP contribution in [0, 0.1) is 5.82 Å². The number of aliphatic hydroxyl groups is 1. The zero-order valence-electron chi connectivity index (χ0n) is 17.1. The van der Waals surface area contributed by atoms with Crippen LogP contribution < -0.4 is 15.4 Å². The summed E-state index contributed by atoms with van der Waals surface area (Å²) in [5, 5.41) is 15.4. The van der Waals surface area contributed by atoms with Crippen molar-refractivity contribution in [2.24, 2.45) is 0 Å². The number of hydrogen-bond donors (Lipinski definition) is 3. The second-order valence-electron chi connectivity index (χ2n) is 7.22. The number of ether oxygens (including phenoxy) is 1. The van der Waals surface area contributed by atoms with Crippen LogP contribution in [0.1, 0.15) is 19.4 Å². The predicted octanol–water partition coefficient (Wildman–Crippen LogP) is 3.60. The molecule has 1 aliphatic rings. The molecule has 1 saturated heterocycles. The van der Waals surface area contributed by atoms with Crippen molar-refractivity contribution in [3.63, 3.8) is 0 Å². The van der Waals surface area contributed by atoms with Gasteiger partial charge in [-0.25, -0.2) is 18.9 Å². The number of benzene rings is 2. The van der Waals surface area contributed by atoms with Gasteiger partial charge >= 0.3 is 12.1 Å². The van der Waals surface area contributed by atoms with Gasteiger partial charge in [0.05, 0.1) is 25.8 Å². The fraction of sp³-hybridized carbons (Fsp3) is 0.333. The molecule has 8 nitrogen and oxygen atoms in total. The Morgan fingerprint density at radius 2 is 1.94 bits per heavy atom. The van der Waals surface area contributed by atoms with Crippen LogP contribution in [-0.4, -0.2) is 52.5 Å². The summed E-state index contributed by atoms with van der Waals surface area (Å²) in [5.41, 5.74) is 1.12. The molecular weight excluding hydrogens is 427 g/mol. The Labute approximate surface area is 184 Å². The van der Waals surface area contributed by atoms with Gasteiger partial charge < -0.3 is 15.2 Å². The quantitative estimate of drug-likeness (QED) is 0.571. The smallest absolute Gasteiger partial charge is 0.331 e. The predicted molar refractivity (Wildman–Crippen MR) is 114 cm³/mol. The normalized spacial score (nSPS) is 16.5. The molecule has 31 heavy (non-hydrogen) atoms. The summed E-state index contributed by atoms with van der Waals surface area (Å²) < 4.78 is 19.8. The average molecular weight is 451 g/mol. The molecule has 0 bridgehead atoms. The van der Waals surface area contributed by atoms with Gasteiger partial charge in [-0.2, -0.15) is 0 Å². The maximum Gasteiger partial charge on any atom is 0.331 e. The molecule has 1 heterocycles. The van der Waals surface area contributed by atoms with Crippen molar-refractivity contribution >= 4 is 29.4 Å². The third kappa shape index (κ3) is 5.56. The van der Waals surface area contributed by atoms with Crippen molar-refractivity contribution in [1.82, 2.24) is 15.1 Å². The number of carbonyl (C=O) groups is 2. The average Bonchev–Trinajstić information content (AvgIpc) is 2.71. The van der Waals surface area contributed by atoms with E-state index in [0.29, 0.717) is 10.7 Å². The second-order valence-corrected chi connectivity index (χ2v) is 7.66. The summed E-state index contributed by atoms with van der Waals surface area (Å²) in [7, 11) is 0. The van der Waals surface area contributed by atoms with Gasteiger partial charge in [0, 0.05) is 16.8 Å². The number of aliphatic hydroxyl groups excluding tert-OH is 1. The first-order chi connectivity index (χ1) is 14.8. The summed E-state index contributed by atoms with van der Waals surface area (Å²) in [4.78, 5) is 27.6. The van der Waals surface area contributed by atoms with Crippen LogP contribution in [0.5, 0.6) is 5.75 Å². The molecule has 0 aliphatic carbocycles. The first-order valence-corrected chi connectivity index (χ1v) is 10.1. The van der Waals surface area contributed by atoms with Crippen molar-refractivity contribution in [2.45, 2.75) is 32.8 Å². The van der Waals surface area contributed by atoms with Crippen LogP contribution >= 0.6 is 11.6 Å². The molecule has 166 valence electrons. The molecule has 0 radical (unpaired) electrons. The Kier molecular flexibility index (Phi) is 7.19. The minimum atomic E-state index is -0.943. The number of halogens is 2. The zero-order chi connectivity index (χ0) is 22.5. The SMILES string of the molecule is CC(C)Oc1ccc(NC2NC(=O)N(CCO)C(=O)N2Cc2ccc(Cl)cc2)cc1F. The van der Waals surface area contributed by atoms with Crippen LogP contribution in [-0.2, 0) is 6.54 Å². The monoisotopic (exact) mass is 450 g/mol. The van der Waals surface area contributed by atoms with Gasteiger partial charge in [-0.05, 0) is 43.7 Å². The number of rotatable bonds is 8. The van der Waals surface area contributed by atoms with E-state index in [-0.39, 0.29) is 31.5 Å². The maximum absolute atomic E-state index is 14.4. The summed E-state index contributed by atoms with van der Waals surface area (Å²) in [6, 6.07) is 9.96. The molecule has 1 fully saturated rings. The number of urea groups is 2. The summed E-state index contributed by atoms with van der Waals surface area (Å²) in [5.74, 6) is -0.463. The van der Waals surface area contributed by atoms with Crippen molar-refractivity contribution in [2.75, 3.05) is 18.5 Å². The van der Waals surface area contributed by atoms with Gasteiger partial charge in [-0.3, -0.25) is 10.2 Å². The zero-order valence-corrected chi connectivity index (χ0v) is 17.9. The van der Waals surface area contributed by atoms with Gasteiger partial charge in [-0.15, -0.1) is 0 Å². The van der Waals surface area contributed by atoms with Crippen LogP contribution in [0.25, 0.3) is 0 Å². The van der Waals surface area contributed by atoms with Crippen LogP contribution in [0.4, 0.5) is 19.7 Å². The Bertz CT molecular complexity index is 941. The Hall–Kier alpha value is -3.04. The molecule has 0 saturated carbocycles. The van der Waals surface area contributed by atoms with E-state index >= 15 is 0 Å². The highest BCUT2D eigenvalue weighted by molar-refractivity contribution is 6.30. The number of nitrogens with zero attached hydrogens (tertiary/aromatic N) is 2. The molecular formula is C21H24ClFN4O4. The molecule has 1 atom stereocenters. The van der Waals surface area contributed by atoms with Crippen molar-refractivity contribution in [1.29, 1.82) is 0 Å². The number of anilines is 1. The lowest BCUT2D eigenvalue weighted by Gasteiger charge is -2.41. The molecule has 3 rings (SSSR count). The van der Waals surface area contributed by atoms with E-state index in [9.17, 15) is 19.1 Å². The van der Waals surface area contributed by atoms with Crippen molar-refractivity contribution in [3.05, 3.63) is 58.9 Å². The number of β-amino-alcohol motifs (C(OH)–C–C–N with tert-alkyl or cyclic N) is 1. The summed E-state index contributed by atoms with van der Waals surface area (Å²) >= 11 is 5.93. The third-order valence-corrected chi connectivity index (χ3v) is 4.73. The molecule has 0 spiro atoms. The lowest BCUT2D eigenvalue weighted by atomic mass is 10.2. The van der Waals surface area contributed by atoms with E-state index in [1.165, 1.54) is 17.0 Å². The van der Waals surface area contributed by atoms with E-state index in [1.54, 1.807) is 44.2 Å². The molecule has 1 unspecified atom stereocenters. The molecule has 1 aliphatic heterocycles. The Morgan fingerprint density at radius 1 is 1.23 bits per heavy atom. The largest absolute Gasteiger partial charge is 0.488 e. The third-order valence-electron chi connectivity index (χ3n) is 4.48. The fourth-order valence-corrected chi connectivity index (χ4v) is 3.21. The number of nitrogens with one attached hydrogen (secondary N) is 2. The van der Waals surface area contributed by atoms with Crippen LogP contribution in [0.2, 0.25) is 5.02 Å². The lowest BCUT2D eigenvalue weighted by Crippen LogP contribution is -2.67. The number of hydrogen-bond acceptors (Lipinski definition) is 5. The minimum absolute atomic E-state index is 0.108. The molecule has 2 aromatic carbocycles. The van der Waals surface area contributed by atoms with E-state index in [2.05, 4.69) is 10.6 Å². The highest BCUT2D eigenvalue weighted by atomic mass is 35.5. The molecule has 10 heteroatoms. The molecule has 0 aromatic heterocycles. The van der Waals surface area contributed by atoms with Gasteiger partial charge in [0.1, 0.15) is 0 Å². The lowest BCUT2D eigenvalue weighted by molar-refractivity contribution is 0.0992. The molecule has 2 aromatic rings. The van der Waals surface area contributed by atoms with Crippen LogP contribution in [0.15, 0.2) is 42.5 Å². The van der Waals surface area contributed by atoms with E-state index in [1.807, 2.05) is 0 Å². The molecule has 3 N–H and O–H groups in total. The summed E-state index contributed by atoms with van der Waals surface area (Å²) in [6.45, 7) is 3.22.